The molecule has 0 fully saturated rings. The number of benzene rings is 1. The van der Waals surface area contributed by atoms with Crippen LogP contribution in [0.15, 0.2) is 22.7 Å². The van der Waals surface area contributed by atoms with Crippen molar-refractivity contribution in [1.82, 2.24) is 19.7 Å². The summed E-state index contributed by atoms with van der Waals surface area (Å²) in [6, 6.07) is 4.47. The summed E-state index contributed by atoms with van der Waals surface area (Å²) in [5.41, 5.74) is 1.46. The molecule has 0 saturated carbocycles. The maximum Gasteiger partial charge on any atom is 0.223 e. The first-order valence-electron chi connectivity index (χ1n) is 5.31. The maximum atomic E-state index is 13.1. The predicted octanol–water partition coefficient (Wildman–Crippen LogP) is 2.58. The summed E-state index contributed by atoms with van der Waals surface area (Å²) in [5, 5.41) is 3.81. The van der Waals surface area contributed by atoms with Crippen LogP contribution in [0, 0.1) is 17.5 Å². The van der Waals surface area contributed by atoms with Gasteiger partial charge in [-0.25, -0.2) is 4.39 Å². The van der Waals surface area contributed by atoms with Crippen molar-refractivity contribution in [1.29, 1.82) is 0 Å². The first kappa shape index (κ1) is 11.1. The first-order valence-corrected chi connectivity index (χ1v) is 5.71. The van der Waals surface area contributed by atoms with Crippen molar-refractivity contribution in [3.63, 3.8) is 0 Å². The molecule has 0 aliphatic rings. The fourth-order valence-electron chi connectivity index (χ4n) is 1.84. The van der Waals surface area contributed by atoms with E-state index in [-0.39, 0.29) is 5.82 Å². The SMILES string of the molecule is Cc1nc(Cn2c(=S)[nH]c3cc(F)ccc32)no1. The van der Waals surface area contributed by atoms with Gasteiger partial charge in [-0.05, 0) is 30.4 Å². The van der Waals surface area contributed by atoms with Gasteiger partial charge in [-0.2, -0.15) is 4.98 Å². The second-order valence-corrected chi connectivity index (χ2v) is 4.29. The first-order chi connectivity index (χ1) is 8.63. The fourth-order valence-corrected chi connectivity index (χ4v) is 2.11. The van der Waals surface area contributed by atoms with Gasteiger partial charge in [-0.1, -0.05) is 5.16 Å². The number of imidazole rings is 1. The third kappa shape index (κ3) is 1.82. The van der Waals surface area contributed by atoms with E-state index in [1.165, 1.54) is 12.1 Å². The Morgan fingerprint density at radius 2 is 2.33 bits per heavy atom. The molecule has 2 aromatic heterocycles. The predicted molar refractivity (Wildman–Crippen MR) is 65.2 cm³/mol. The molecule has 0 radical (unpaired) electrons. The van der Waals surface area contributed by atoms with Gasteiger partial charge in [0.05, 0.1) is 17.6 Å². The molecule has 0 bridgehead atoms. The second kappa shape index (κ2) is 4.02. The van der Waals surface area contributed by atoms with E-state index in [1.807, 2.05) is 0 Å². The number of hydrogen-bond donors (Lipinski definition) is 1. The van der Waals surface area contributed by atoms with Crippen molar-refractivity contribution in [3.8, 4) is 0 Å². The lowest BCUT2D eigenvalue weighted by Crippen LogP contribution is -2.01. The molecule has 1 N–H and O–H groups in total. The van der Waals surface area contributed by atoms with Crippen LogP contribution in [0.3, 0.4) is 0 Å². The molecule has 0 saturated heterocycles. The quantitative estimate of drug-likeness (QED) is 0.723. The Kier molecular flexibility index (Phi) is 2.48. The highest BCUT2D eigenvalue weighted by atomic mass is 32.1. The molecule has 0 amide bonds. The number of hydrogen-bond acceptors (Lipinski definition) is 4. The number of H-pyrrole nitrogens is 1. The lowest BCUT2D eigenvalue weighted by molar-refractivity contribution is 0.386. The summed E-state index contributed by atoms with van der Waals surface area (Å²) in [7, 11) is 0. The Hall–Kier alpha value is -2.02. The van der Waals surface area contributed by atoms with Gasteiger partial charge in [0.2, 0.25) is 5.89 Å². The number of nitrogens with zero attached hydrogens (tertiary/aromatic N) is 3. The summed E-state index contributed by atoms with van der Waals surface area (Å²) in [6.07, 6.45) is 0. The van der Waals surface area contributed by atoms with Crippen molar-refractivity contribution >= 4 is 23.3 Å². The second-order valence-electron chi connectivity index (χ2n) is 3.91. The van der Waals surface area contributed by atoms with E-state index < -0.39 is 0 Å². The minimum Gasteiger partial charge on any atom is -0.340 e. The third-order valence-corrected chi connectivity index (χ3v) is 2.93. The normalized spacial score (nSPS) is 11.2. The van der Waals surface area contributed by atoms with Crippen LogP contribution in [0.25, 0.3) is 11.0 Å². The molecule has 7 heteroatoms. The Bertz CT molecular complexity index is 773. The van der Waals surface area contributed by atoms with Gasteiger partial charge in [-0.3, -0.25) is 0 Å². The van der Waals surface area contributed by atoms with Gasteiger partial charge >= 0.3 is 0 Å². The van der Waals surface area contributed by atoms with Crippen LogP contribution in [-0.2, 0) is 6.54 Å². The zero-order valence-corrected chi connectivity index (χ0v) is 10.3. The van der Waals surface area contributed by atoms with Gasteiger partial charge in [0.25, 0.3) is 0 Å². The Labute approximate surface area is 106 Å². The van der Waals surface area contributed by atoms with Crippen molar-refractivity contribution < 1.29 is 8.91 Å². The summed E-state index contributed by atoms with van der Waals surface area (Å²) in [6.45, 7) is 2.11. The maximum absolute atomic E-state index is 13.1. The Morgan fingerprint density at radius 3 is 3.06 bits per heavy atom. The minimum absolute atomic E-state index is 0.304. The molecule has 1 aromatic carbocycles. The van der Waals surface area contributed by atoms with Gasteiger partial charge in [0, 0.05) is 6.92 Å². The summed E-state index contributed by atoms with van der Waals surface area (Å²) in [5.74, 6) is 0.734. The summed E-state index contributed by atoms with van der Waals surface area (Å²) in [4.78, 5) is 7.06. The van der Waals surface area contributed by atoms with Gasteiger partial charge in [0.15, 0.2) is 10.6 Å². The third-order valence-electron chi connectivity index (χ3n) is 2.61. The number of nitrogens with one attached hydrogen (secondary N) is 1. The number of rotatable bonds is 2. The summed E-state index contributed by atoms with van der Waals surface area (Å²) < 4.78 is 20.3. The molecule has 2 heterocycles. The number of aromatic nitrogens is 4. The van der Waals surface area contributed by atoms with Crippen LogP contribution in [-0.4, -0.2) is 19.7 Å². The lowest BCUT2D eigenvalue weighted by atomic mass is 10.3. The number of fused-ring (bicyclic) bond motifs is 1. The lowest BCUT2D eigenvalue weighted by Gasteiger charge is -1.99. The molecule has 3 aromatic rings. The topological polar surface area (TPSA) is 59.6 Å². The molecule has 18 heavy (non-hydrogen) atoms. The number of aromatic amines is 1. The average molecular weight is 264 g/mol. The van der Waals surface area contributed by atoms with Gasteiger partial charge in [0.1, 0.15) is 5.82 Å². The van der Waals surface area contributed by atoms with Gasteiger partial charge < -0.3 is 14.1 Å². The molecule has 0 aliphatic heterocycles. The zero-order chi connectivity index (χ0) is 12.7. The molecule has 0 spiro atoms. The molecule has 0 atom stereocenters. The Morgan fingerprint density at radius 1 is 1.50 bits per heavy atom. The highest BCUT2D eigenvalue weighted by molar-refractivity contribution is 7.71. The standard InChI is InChI=1S/C11H9FN4OS/c1-6-13-10(15-17-6)5-16-9-3-2-7(12)4-8(9)14-11(16)18/h2-4H,5H2,1H3,(H,14,18). The van der Waals surface area contributed by atoms with Crippen LogP contribution >= 0.6 is 12.2 Å². The van der Waals surface area contributed by atoms with Crippen LogP contribution in [0.2, 0.25) is 0 Å². The van der Waals surface area contributed by atoms with E-state index in [0.29, 0.717) is 28.5 Å². The molecule has 0 aliphatic carbocycles. The zero-order valence-electron chi connectivity index (χ0n) is 9.48. The van der Waals surface area contributed by atoms with Crippen LogP contribution < -0.4 is 0 Å². The fraction of sp³-hybridized carbons (Fsp3) is 0.182. The van der Waals surface area contributed by atoms with E-state index in [0.717, 1.165) is 5.52 Å². The van der Waals surface area contributed by atoms with Crippen LogP contribution in [0.4, 0.5) is 4.39 Å². The highest BCUT2D eigenvalue weighted by Crippen LogP contribution is 2.16. The average Bonchev–Trinajstić information content (AvgIpc) is 2.84. The van der Waals surface area contributed by atoms with Crippen LogP contribution in [0.5, 0.6) is 0 Å². The van der Waals surface area contributed by atoms with E-state index in [2.05, 4.69) is 15.1 Å². The number of halogens is 1. The largest absolute Gasteiger partial charge is 0.340 e. The monoisotopic (exact) mass is 264 g/mol. The highest BCUT2D eigenvalue weighted by Gasteiger charge is 2.09. The molecule has 5 nitrogen and oxygen atoms in total. The van der Waals surface area contributed by atoms with E-state index in [1.54, 1.807) is 17.6 Å². The molecule has 0 unspecified atom stereocenters. The summed E-state index contributed by atoms with van der Waals surface area (Å²) >= 11 is 5.20. The van der Waals surface area contributed by atoms with Crippen molar-refractivity contribution in [2.24, 2.45) is 0 Å². The minimum atomic E-state index is -0.304. The van der Waals surface area contributed by atoms with E-state index in [4.69, 9.17) is 16.7 Å². The molecule has 3 rings (SSSR count). The molecular weight excluding hydrogens is 255 g/mol. The van der Waals surface area contributed by atoms with Crippen molar-refractivity contribution in [2.45, 2.75) is 13.5 Å². The Balaban J connectivity index is 2.11. The van der Waals surface area contributed by atoms with Crippen LogP contribution in [0.1, 0.15) is 11.7 Å². The van der Waals surface area contributed by atoms with Crippen molar-refractivity contribution in [2.75, 3.05) is 0 Å². The number of aryl methyl sites for hydroxylation is 1. The van der Waals surface area contributed by atoms with Crippen molar-refractivity contribution in [3.05, 3.63) is 40.5 Å². The molecular formula is C11H9FN4OS. The van der Waals surface area contributed by atoms with E-state index >= 15 is 0 Å². The smallest absolute Gasteiger partial charge is 0.223 e. The molecule has 92 valence electrons. The van der Waals surface area contributed by atoms with Gasteiger partial charge in [-0.15, -0.1) is 0 Å². The van der Waals surface area contributed by atoms with E-state index in [9.17, 15) is 4.39 Å².